The minimum Gasteiger partial charge on any atom is -0.391 e. The Morgan fingerprint density at radius 1 is 1.28 bits per heavy atom. The SMILES string of the molecule is Cn1c(N2C[C@@H](O)C[C@H]2c2cccc(F)c2)c(C#N)c(=O)n(C)c1=O. The maximum Gasteiger partial charge on any atom is 0.332 e. The first-order valence-electron chi connectivity index (χ1n) is 7.75. The van der Waals surface area contributed by atoms with Gasteiger partial charge in [0.15, 0.2) is 5.56 Å². The molecule has 2 heterocycles. The Morgan fingerprint density at radius 2 is 2.00 bits per heavy atom. The lowest BCUT2D eigenvalue weighted by molar-refractivity contribution is 0.194. The first kappa shape index (κ1) is 16.9. The normalized spacial score (nSPS) is 19.9. The number of aliphatic hydroxyl groups is 1. The molecule has 0 amide bonds. The second-order valence-electron chi connectivity index (χ2n) is 6.13. The molecule has 1 aromatic heterocycles. The smallest absolute Gasteiger partial charge is 0.332 e. The Labute approximate surface area is 142 Å². The highest BCUT2D eigenvalue weighted by molar-refractivity contribution is 5.56. The second-order valence-corrected chi connectivity index (χ2v) is 6.13. The number of aromatic nitrogens is 2. The summed E-state index contributed by atoms with van der Waals surface area (Å²) in [4.78, 5) is 26.2. The van der Waals surface area contributed by atoms with Crippen LogP contribution in [0.15, 0.2) is 33.9 Å². The predicted molar refractivity (Wildman–Crippen MR) is 88.7 cm³/mol. The van der Waals surface area contributed by atoms with Crippen LogP contribution in [-0.4, -0.2) is 26.9 Å². The fourth-order valence-electron chi connectivity index (χ4n) is 3.35. The number of hydrogen-bond donors (Lipinski definition) is 1. The molecule has 1 aliphatic rings. The van der Waals surface area contributed by atoms with Gasteiger partial charge in [0.1, 0.15) is 17.7 Å². The summed E-state index contributed by atoms with van der Waals surface area (Å²) in [5, 5.41) is 19.6. The minimum atomic E-state index is -0.723. The molecule has 1 aromatic carbocycles. The summed E-state index contributed by atoms with van der Waals surface area (Å²) in [6, 6.07) is 7.34. The van der Waals surface area contributed by atoms with Crippen LogP contribution in [0, 0.1) is 17.1 Å². The molecule has 1 aliphatic heterocycles. The van der Waals surface area contributed by atoms with Gasteiger partial charge in [0.05, 0.1) is 12.1 Å². The van der Waals surface area contributed by atoms with Gasteiger partial charge in [-0.1, -0.05) is 12.1 Å². The number of aliphatic hydroxyl groups excluding tert-OH is 1. The van der Waals surface area contributed by atoms with E-state index in [9.17, 15) is 24.3 Å². The van der Waals surface area contributed by atoms with Gasteiger partial charge in [0, 0.05) is 20.6 Å². The molecule has 0 saturated carbocycles. The van der Waals surface area contributed by atoms with E-state index in [4.69, 9.17) is 0 Å². The number of nitrogens with zero attached hydrogens (tertiary/aromatic N) is 4. The van der Waals surface area contributed by atoms with Gasteiger partial charge in [-0.05, 0) is 24.1 Å². The Bertz CT molecular complexity index is 989. The van der Waals surface area contributed by atoms with Crippen LogP contribution in [0.3, 0.4) is 0 Å². The van der Waals surface area contributed by atoms with E-state index < -0.39 is 29.2 Å². The molecule has 0 bridgehead atoms. The van der Waals surface area contributed by atoms with E-state index in [0.717, 1.165) is 4.57 Å². The summed E-state index contributed by atoms with van der Waals surface area (Å²) < 4.78 is 15.7. The molecule has 0 unspecified atom stereocenters. The quantitative estimate of drug-likeness (QED) is 0.852. The zero-order chi connectivity index (χ0) is 18.3. The molecule has 7 nitrogen and oxygen atoms in total. The van der Waals surface area contributed by atoms with Gasteiger partial charge in [0.2, 0.25) is 0 Å². The number of β-amino-alcohol motifs (C(OH)–C–C–N with tert-alkyl or cyclic N) is 1. The average Bonchev–Trinajstić information content (AvgIpc) is 2.97. The summed E-state index contributed by atoms with van der Waals surface area (Å²) in [6.07, 6.45) is -0.420. The summed E-state index contributed by atoms with van der Waals surface area (Å²) in [7, 11) is 2.77. The molecular weight excluding hydrogens is 327 g/mol. The fraction of sp³-hybridized carbons (Fsp3) is 0.353. The molecule has 25 heavy (non-hydrogen) atoms. The maximum absolute atomic E-state index is 13.6. The van der Waals surface area contributed by atoms with Crippen molar-refractivity contribution in [2.45, 2.75) is 18.6 Å². The summed E-state index contributed by atoms with van der Waals surface area (Å²) >= 11 is 0. The summed E-state index contributed by atoms with van der Waals surface area (Å²) in [5.74, 6) is -0.279. The van der Waals surface area contributed by atoms with Crippen molar-refractivity contribution in [3.05, 3.63) is 62.0 Å². The number of halogens is 1. The maximum atomic E-state index is 13.6. The van der Waals surface area contributed by atoms with Crippen LogP contribution >= 0.6 is 0 Å². The van der Waals surface area contributed by atoms with Crippen molar-refractivity contribution in [2.24, 2.45) is 14.1 Å². The van der Waals surface area contributed by atoms with Gasteiger partial charge in [-0.3, -0.25) is 13.9 Å². The van der Waals surface area contributed by atoms with Gasteiger partial charge in [-0.2, -0.15) is 5.26 Å². The van der Waals surface area contributed by atoms with Crippen molar-refractivity contribution in [3.8, 4) is 6.07 Å². The predicted octanol–water partition coefficient (Wildman–Crippen LogP) is 0.407. The number of hydrogen-bond acceptors (Lipinski definition) is 5. The molecule has 3 rings (SSSR count). The topological polar surface area (TPSA) is 91.3 Å². The van der Waals surface area contributed by atoms with Crippen LogP contribution in [0.25, 0.3) is 0 Å². The fourth-order valence-corrected chi connectivity index (χ4v) is 3.35. The van der Waals surface area contributed by atoms with Gasteiger partial charge >= 0.3 is 5.69 Å². The molecular formula is C17H17FN4O3. The third-order valence-corrected chi connectivity index (χ3v) is 4.53. The highest BCUT2D eigenvalue weighted by Crippen LogP contribution is 2.36. The standard InChI is InChI=1S/C17H17FN4O3/c1-20-15(13(8-19)16(24)21(2)17(20)25)22-9-12(23)7-14(22)10-4-3-5-11(18)6-10/h3-6,12,14,23H,7,9H2,1-2H3/t12-,14-/m0/s1. The zero-order valence-corrected chi connectivity index (χ0v) is 13.8. The molecule has 1 saturated heterocycles. The Kier molecular flexibility index (Phi) is 4.18. The lowest BCUT2D eigenvalue weighted by atomic mass is 10.0. The van der Waals surface area contributed by atoms with Crippen LogP contribution < -0.4 is 16.1 Å². The Balaban J connectivity index is 2.23. The molecule has 1 N–H and O–H groups in total. The molecule has 1 fully saturated rings. The molecule has 130 valence electrons. The number of anilines is 1. The first-order chi connectivity index (χ1) is 11.8. The molecule has 0 aliphatic carbocycles. The summed E-state index contributed by atoms with van der Waals surface area (Å²) in [5.41, 5.74) is -0.841. The minimum absolute atomic E-state index is 0.135. The van der Waals surface area contributed by atoms with Crippen LogP contribution in [0.5, 0.6) is 0 Å². The molecule has 2 aromatic rings. The van der Waals surface area contributed by atoms with Crippen LogP contribution in [0.2, 0.25) is 0 Å². The largest absolute Gasteiger partial charge is 0.391 e. The third kappa shape index (κ3) is 2.72. The van der Waals surface area contributed by atoms with Gasteiger partial charge in [0.25, 0.3) is 5.56 Å². The van der Waals surface area contributed by atoms with E-state index in [2.05, 4.69) is 0 Å². The van der Waals surface area contributed by atoms with Crippen molar-refractivity contribution >= 4 is 5.82 Å². The summed E-state index contributed by atoms with van der Waals surface area (Å²) in [6.45, 7) is 0.135. The number of nitriles is 1. The molecule has 2 atom stereocenters. The Hall–Kier alpha value is -2.92. The van der Waals surface area contributed by atoms with E-state index in [1.54, 1.807) is 17.0 Å². The van der Waals surface area contributed by atoms with Gasteiger partial charge < -0.3 is 10.0 Å². The van der Waals surface area contributed by atoms with Gasteiger partial charge in [-0.15, -0.1) is 0 Å². The van der Waals surface area contributed by atoms with Crippen LogP contribution in [0.4, 0.5) is 10.2 Å². The molecule has 0 spiro atoms. The molecule has 8 heteroatoms. The number of benzene rings is 1. The second kappa shape index (κ2) is 6.18. The number of rotatable bonds is 2. The van der Waals surface area contributed by atoms with Gasteiger partial charge in [-0.25, -0.2) is 9.18 Å². The lowest BCUT2D eigenvalue weighted by Crippen LogP contribution is -2.42. The highest BCUT2D eigenvalue weighted by atomic mass is 19.1. The van der Waals surface area contributed by atoms with E-state index in [1.165, 1.54) is 30.8 Å². The van der Waals surface area contributed by atoms with Crippen molar-refractivity contribution in [1.29, 1.82) is 5.26 Å². The van der Waals surface area contributed by atoms with E-state index in [1.807, 2.05) is 6.07 Å². The first-order valence-corrected chi connectivity index (χ1v) is 7.75. The third-order valence-electron chi connectivity index (χ3n) is 4.53. The Morgan fingerprint density at radius 3 is 2.64 bits per heavy atom. The van der Waals surface area contributed by atoms with Crippen molar-refractivity contribution in [2.75, 3.05) is 11.4 Å². The average molecular weight is 344 g/mol. The monoisotopic (exact) mass is 344 g/mol. The van der Waals surface area contributed by atoms with Crippen molar-refractivity contribution < 1.29 is 9.50 Å². The van der Waals surface area contributed by atoms with Crippen molar-refractivity contribution in [3.63, 3.8) is 0 Å². The highest BCUT2D eigenvalue weighted by Gasteiger charge is 2.36. The van der Waals surface area contributed by atoms with Crippen LogP contribution in [0.1, 0.15) is 23.6 Å². The zero-order valence-electron chi connectivity index (χ0n) is 13.8. The van der Waals surface area contributed by atoms with E-state index in [0.29, 0.717) is 12.0 Å². The van der Waals surface area contributed by atoms with E-state index in [-0.39, 0.29) is 17.9 Å². The van der Waals surface area contributed by atoms with Crippen molar-refractivity contribution in [1.82, 2.24) is 9.13 Å². The lowest BCUT2D eigenvalue weighted by Gasteiger charge is -2.29. The van der Waals surface area contributed by atoms with E-state index >= 15 is 0 Å². The molecule has 0 radical (unpaired) electrons. The van der Waals surface area contributed by atoms with Crippen LogP contribution in [-0.2, 0) is 14.1 Å².